The van der Waals surface area contributed by atoms with E-state index in [2.05, 4.69) is 5.32 Å². The fourth-order valence-electron chi connectivity index (χ4n) is 3.28. The van der Waals surface area contributed by atoms with Crippen LogP contribution >= 0.6 is 35.0 Å². The minimum Gasteiger partial charge on any atom is -0.497 e. The summed E-state index contributed by atoms with van der Waals surface area (Å²) in [6, 6.07) is 12.5. The van der Waals surface area contributed by atoms with Crippen molar-refractivity contribution in [3.63, 3.8) is 0 Å². The predicted molar refractivity (Wildman–Crippen MR) is 138 cm³/mol. The summed E-state index contributed by atoms with van der Waals surface area (Å²) < 4.78 is 5.32. The molecule has 1 N–H and O–H groups in total. The summed E-state index contributed by atoms with van der Waals surface area (Å²) in [6.07, 6.45) is 0.525. The SMILES string of the molecule is CCC(C(=O)NCC(C)C)N(Cc1cccc(OC)c1)C(=O)CSCc1ccc(Cl)c(Cl)c1. The minimum absolute atomic E-state index is 0.0885. The van der Waals surface area contributed by atoms with E-state index in [4.69, 9.17) is 27.9 Å². The second kappa shape index (κ2) is 13.7. The number of nitrogens with zero attached hydrogens (tertiary/aromatic N) is 1. The largest absolute Gasteiger partial charge is 0.497 e. The number of hydrogen-bond donors (Lipinski definition) is 1. The first-order valence-corrected chi connectivity index (χ1v) is 12.9. The Hall–Kier alpha value is -1.89. The van der Waals surface area contributed by atoms with Crippen LogP contribution in [0.15, 0.2) is 42.5 Å². The van der Waals surface area contributed by atoms with E-state index >= 15 is 0 Å². The lowest BCUT2D eigenvalue weighted by Crippen LogP contribution is -2.50. The molecule has 0 aromatic heterocycles. The number of halogens is 2. The highest BCUT2D eigenvalue weighted by atomic mass is 35.5. The van der Waals surface area contributed by atoms with Gasteiger partial charge in [-0.25, -0.2) is 0 Å². The van der Waals surface area contributed by atoms with E-state index in [0.29, 0.717) is 47.0 Å². The van der Waals surface area contributed by atoms with Crippen LogP contribution in [0.4, 0.5) is 0 Å². The van der Waals surface area contributed by atoms with Gasteiger partial charge in [-0.2, -0.15) is 0 Å². The molecule has 2 rings (SSSR count). The molecule has 5 nitrogen and oxygen atoms in total. The molecular weight excluding hydrogens is 479 g/mol. The number of thioether (sulfide) groups is 1. The van der Waals surface area contributed by atoms with Crippen LogP contribution in [-0.4, -0.2) is 42.2 Å². The molecule has 0 heterocycles. The van der Waals surface area contributed by atoms with Crippen molar-refractivity contribution in [1.82, 2.24) is 10.2 Å². The molecule has 0 bridgehead atoms. The number of carbonyl (C=O) groups is 2. The summed E-state index contributed by atoms with van der Waals surface area (Å²) in [6.45, 7) is 6.91. The number of carbonyl (C=O) groups excluding carboxylic acids is 2. The van der Waals surface area contributed by atoms with Crippen molar-refractivity contribution in [3.8, 4) is 5.75 Å². The molecule has 0 saturated carbocycles. The lowest BCUT2D eigenvalue weighted by Gasteiger charge is -2.31. The molecule has 0 aliphatic heterocycles. The second-order valence-corrected chi connectivity index (χ2v) is 9.98. The van der Waals surface area contributed by atoms with E-state index in [9.17, 15) is 9.59 Å². The molecule has 180 valence electrons. The second-order valence-electron chi connectivity index (χ2n) is 8.18. The Kier molecular flexibility index (Phi) is 11.4. The fourth-order valence-corrected chi connectivity index (χ4v) is 4.46. The van der Waals surface area contributed by atoms with Gasteiger partial charge < -0.3 is 15.0 Å². The third-order valence-electron chi connectivity index (χ3n) is 5.04. The van der Waals surface area contributed by atoms with Crippen molar-refractivity contribution in [2.75, 3.05) is 19.4 Å². The quantitative estimate of drug-likeness (QED) is 0.391. The van der Waals surface area contributed by atoms with Gasteiger partial charge in [-0.1, -0.05) is 62.2 Å². The maximum atomic E-state index is 13.3. The van der Waals surface area contributed by atoms with E-state index < -0.39 is 6.04 Å². The summed E-state index contributed by atoms with van der Waals surface area (Å²) >= 11 is 13.6. The van der Waals surface area contributed by atoms with Crippen LogP contribution in [-0.2, 0) is 21.9 Å². The van der Waals surface area contributed by atoms with E-state index in [1.807, 2.05) is 57.2 Å². The Balaban J connectivity index is 2.15. The Labute approximate surface area is 211 Å². The first-order valence-electron chi connectivity index (χ1n) is 11.0. The fraction of sp³-hybridized carbons (Fsp3) is 0.440. The van der Waals surface area contributed by atoms with Crippen molar-refractivity contribution < 1.29 is 14.3 Å². The number of methoxy groups -OCH3 is 1. The van der Waals surface area contributed by atoms with Crippen LogP contribution in [0, 0.1) is 5.92 Å². The molecule has 2 aromatic carbocycles. The van der Waals surface area contributed by atoms with Gasteiger partial charge in [0.15, 0.2) is 0 Å². The third-order valence-corrected chi connectivity index (χ3v) is 6.76. The van der Waals surface area contributed by atoms with Crippen LogP contribution in [0.1, 0.15) is 38.3 Å². The van der Waals surface area contributed by atoms with Gasteiger partial charge in [-0.3, -0.25) is 9.59 Å². The van der Waals surface area contributed by atoms with E-state index in [1.165, 1.54) is 11.8 Å². The lowest BCUT2D eigenvalue weighted by molar-refractivity contribution is -0.139. The highest BCUT2D eigenvalue weighted by Gasteiger charge is 2.28. The van der Waals surface area contributed by atoms with Crippen molar-refractivity contribution >= 4 is 46.8 Å². The summed E-state index contributed by atoms with van der Waals surface area (Å²) in [5.41, 5.74) is 1.90. The topological polar surface area (TPSA) is 58.6 Å². The summed E-state index contributed by atoms with van der Waals surface area (Å²) in [5, 5.41) is 3.98. The lowest BCUT2D eigenvalue weighted by atomic mass is 10.1. The maximum Gasteiger partial charge on any atom is 0.242 e. The molecule has 33 heavy (non-hydrogen) atoms. The van der Waals surface area contributed by atoms with Crippen molar-refractivity contribution in [1.29, 1.82) is 0 Å². The monoisotopic (exact) mass is 510 g/mol. The number of benzene rings is 2. The van der Waals surface area contributed by atoms with E-state index in [1.54, 1.807) is 18.1 Å². The molecule has 0 saturated heterocycles. The zero-order chi connectivity index (χ0) is 24.4. The summed E-state index contributed by atoms with van der Waals surface area (Å²) in [7, 11) is 1.61. The Bertz CT molecular complexity index is 940. The number of hydrogen-bond acceptors (Lipinski definition) is 4. The normalized spacial score (nSPS) is 11.8. The maximum absolute atomic E-state index is 13.3. The summed E-state index contributed by atoms with van der Waals surface area (Å²) in [5.74, 6) is 1.69. The number of nitrogens with one attached hydrogen (secondary N) is 1. The van der Waals surface area contributed by atoms with Gasteiger partial charge in [0.1, 0.15) is 11.8 Å². The molecule has 2 amide bonds. The predicted octanol–water partition coefficient (Wildman–Crippen LogP) is 5.81. The Morgan fingerprint density at radius 1 is 1.09 bits per heavy atom. The van der Waals surface area contributed by atoms with Crippen molar-refractivity contribution in [2.24, 2.45) is 5.92 Å². The van der Waals surface area contributed by atoms with Gasteiger partial charge in [-0.05, 0) is 47.7 Å². The van der Waals surface area contributed by atoms with E-state index in [0.717, 1.165) is 11.1 Å². The summed E-state index contributed by atoms with van der Waals surface area (Å²) in [4.78, 5) is 27.9. The highest BCUT2D eigenvalue weighted by molar-refractivity contribution is 7.99. The van der Waals surface area contributed by atoms with Gasteiger partial charge in [0, 0.05) is 18.8 Å². The van der Waals surface area contributed by atoms with Crippen molar-refractivity contribution in [3.05, 3.63) is 63.6 Å². The molecule has 1 unspecified atom stereocenters. The highest BCUT2D eigenvalue weighted by Crippen LogP contribution is 2.25. The molecule has 0 radical (unpaired) electrons. The van der Waals surface area contributed by atoms with Crippen LogP contribution < -0.4 is 10.1 Å². The molecular formula is C25H32Cl2N2O3S. The Morgan fingerprint density at radius 3 is 2.48 bits per heavy atom. The molecule has 1 atom stereocenters. The molecule has 0 spiro atoms. The van der Waals surface area contributed by atoms with Gasteiger partial charge in [0.25, 0.3) is 0 Å². The van der Waals surface area contributed by atoms with Gasteiger partial charge in [-0.15, -0.1) is 11.8 Å². The zero-order valence-corrected chi connectivity index (χ0v) is 21.9. The minimum atomic E-state index is -0.548. The van der Waals surface area contributed by atoms with Gasteiger partial charge in [0.2, 0.25) is 11.8 Å². The first-order chi connectivity index (χ1) is 15.7. The van der Waals surface area contributed by atoms with Crippen LogP contribution in [0.25, 0.3) is 0 Å². The van der Waals surface area contributed by atoms with Crippen LogP contribution in [0.2, 0.25) is 10.0 Å². The average Bonchev–Trinajstić information content (AvgIpc) is 2.79. The molecule has 8 heteroatoms. The van der Waals surface area contributed by atoms with Gasteiger partial charge in [0.05, 0.1) is 22.9 Å². The number of amides is 2. The first kappa shape index (κ1) is 27.4. The zero-order valence-electron chi connectivity index (χ0n) is 19.6. The standard InChI is InChI=1S/C25H32Cl2N2O3S/c1-5-23(25(31)28-13-17(2)3)29(14-18-7-6-8-20(11-18)32-4)24(30)16-33-15-19-9-10-21(26)22(27)12-19/h6-12,17,23H,5,13-16H2,1-4H3,(H,28,31). The van der Waals surface area contributed by atoms with E-state index in [-0.39, 0.29) is 17.6 Å². The molecule has 2 aromatic rings. The van der Waals surface area contributed by atoms with Crippen molar-refractivity contribution in [2.45, 2.75) is 45.5 Å². The number of rotatable bonds is 12. The van der Waals surface area contributed by atoms with Crippen LogP contribution in [0.5, 0.6) is 5.75 Å². The molecule has 0 aliphatic carbocycles. The smallest absolute Gasteiger partial charge is 0.242 e. The number of ether oxygens (including phenoxy) is 1. The van der Waals surface area contributed by atoms with Gasteiger partial charge >= 0.3 is 0 Å². The average molecular weight is 512 g/mol. The molecule has 0 aliphatic rings. The Morgan fingerprint density at radius 2 is 1.85 bits per heavy atom. The third kappa shape index (κ3) is 8.76. The van der Waals surface area contributed by atoms with Crippen LogP contribution in [0.3, 0.4) is 0 Å². The molecule has 0 fully saturated rings.